The van der Waals surface area contributed by atoms with E-state index in [1.807, 2.05) is 4.90 Å². The van der Waals surface area contributed by atoms with Crippen LogP contribution in [0.2, 0.25) is 0 Å². The van der Waals surface area contributed by atoms with Crippen molar-refractivity contribution in [3.63, 3.8) is 0 Å². The number of rotatable bonds is 7. The first-order valence-corrected chi connectivity index (χ1v) is 16.1. The number of hydrogen-bond donors (Lipinski definition) is 4. The predicted molar refractivity (Wildman–Crippen MR) is 164 cm³/mol. The van der Waals surface area contributed by atoms with Crippen LogP contribution in [-0.4, -0.2) is 97.6 Å². The monoisotopic (exact) mass is 601 g/mol. The molecule has 6 rings (SSSR count). The smallest absolute Gasteiger partial charge is 0.254 e. The second kappa shape index (κ2) is 13.7. The van der Waals surface area contributed by atoms with Crippen LogP contribution in [-0.2, 0) is 4.79 Å². The van der Waals surface area contributed by atoms with Gasteiger partial charge < -0.3 is 31.9 Å². The first-order chi connectivity index (χ1) is 20.6. The van der Waals surface area contributed by atoms with Gasteiger partial charge in [-0.05, 0) is 68.2 Å². The maximum absolute atomic E-state index is 15.8. The zero-order chi connectivity index (χ0) is 30.7. The van der Waals surface area contributed by atoms with Crippen molar-refractivity contribution in [2.75, 3.05) is 39.3 Å². The van der Waals surface area contributed by atoms with E-state index in [1.165, 1.54) is 12.3 Å². The van der Waals surface area contributed by atoms with E-state index in [-0.39, 0.29) is 29.2 Å². The molecule has 11 heteroatoms. The Morgan fingerprint density at radius 3 is 2.63 bits per heavy atom. The summed E-state index contributed by atoms with van der Waals surface area (Å²) in [6.45, 7) is 8.79. The highest BCUT2D eigenvalue weighted by Gasteiger charge is 2.40. The maximum atomic E-state index is 15.8. The molecule has 1 aromatic carbocycles. The van der Waals surface area contributed by atoms with Gasteiger partial charge >= 0.3 is 0 Å². The molecule has 0 aliphatic carbocycles. The minimum Gasteiger partial charge on any atom is -0.351 e. The lowest BCUT2D eigenvalue weighted by Gasteiger charge is -2.38. The SMILES string of the molecule is CCC1(C)CCC(F)C=NC(C(C(=O)NC2CNCCC2c2ccc(C(=O)N3CCN4CCC3CC4)cc2F)C(N)N)C1. The lowest BCUT2D eigenvalue weighted by atomic mass is 9.73. The van der Waals surface area contributed by atoms with Crippen LogP contribution in [0.1, 0.15) is 80.6 Å². The number of alkyl halides is 1. The van der Waals surface area contributed by atoms with E-state index in [1.54, 1.807) is 12.1 Å². The lowest BCUT2D eigenvalue weighted by molar-refractivity contribution is -0.127. The summed E-state index contributed by atoms with van der Waals surface area (Å²) in [5, 5.41) is 6.41. The Balaban J connectivity index is 1.32. The Bertz CT molecular complexity index is 1170. The van der Waals surface area contributed by atoms with Crippen LogP contribution in [0, 0.1) is 17.2 Å². The van der Waals surface area contributed by atoms with E-state index in [0.717, 1.165) is 38.9 Å². The molecule has 2 bridgehead atoms. The zero-order valence-corrected chi connectivity index (χ0v) is 25.6. The molecule has 5 aliphatic rings. The van der Waals surface area contributed by atoms with Gasteiger partial charge in [0.2, 0.25) is 5.91 Å². The largest absolute Gasteiger partial charge is 0.351 e. The Morgan fingerprint density at radius 1 is 1.16 bits per heavy atom. The fourth-order valence-corrected chi connectivity index (χ4v) is 7.51. The predicted octanol–water partition coefficient (Wildman–Crippen LogP) is 2.55. The lowest BCUT2D eigenvalue weighted by Crippen LogP contribution is -2.57. The molecule has 238 valence electrons. The van der Waals surface area contributed by atoms with Crippen molar-refractivity contribution in [2.45, 2.75) is 95.2 Å². The van der Waals surface area contributed by atoms with Gasteiger partial charge in [-0.2, -0.15) is 0 Å². The summed E-state index contributed by atoms with van der Waals surface area (Å²) in [7, 11) is 0. The molecule has 0 spiro atoms. The Morgan fingerprint density at radius 2 is 1.93 bits per heavy atom. The summed E-state index contributed by atoms with van der Waals surface area (Å²) in [6.07, 6.45) is 4.11. The number of nitrogens with one attached hydrogen (secondary N) is 2. The number of aliphatic imine (C=N–C) groups is 1. The van der Waals surface area contributed by atoms with Gasteiger partial charge in [0.1, 0.15) is 12.0 Å². The number of fused-ring (bicyclic) bond motifs is 4. The molecule has 1 aromatic rings. The third-order valence-corrected chi connectivity index (χ3v) is 10.5. The molecule has 5 aliphatic heterocycles. The van der Waals surface area contributed by atoms with Crippen LogP contribution in [0.5, 0.6) is 0 Å². The van der Waals surface area contributed by atoms with Crippen molar-refractivity contribution in [1.82, 2.24) is 20.4 Å². The normalized spacial score (nSPS) is 33.9. The minimum absolute atomic E-state index is 0.122. The number of hydrogen-bond acceptors (Lipinski definition) is 7. The summed E-state index contributed by atoms with van der Waals surface area (Å²) in [5.74, 6) is -2.08. The highest BCUT2D eigenvalue weighted by atomic mass is 19.1. The van der Waals surface area contributed by atoms with Gasteiger partial charge in [0.15, 0.2) is 0 Å². The van der Waals surface area contributed by atoms with E-state index in [2.05, 4.69) is 34.4 Å². The minimum atomic E-state index is -1.18. The van der Waals surface area contributed by atoms with Gasteiger partial charge in [-0.1, -0.05) is 26.3 Å². The molecule has 4 saturated heterocycles. The highest BCUT2D eigenvalue weighted by Crippen LogP contribution is 2.38. The molecule has 6 atom stereocenters. The molecule has 6 unspecified atom stereocenters. The van der Waals surface area contributed by atoms with Crippen LogP contribution >= 0.6 is 0 Å². The number of carbonyl (C=O) groups excluding carboxylic acids is 2. The molecule has 43 heavy (non-hydrogen) atoms. The van der Waals surface area contributed by atoms with Crippen molar-refractivity contribution in [3.05, 3.63) is 35.1 Å². The Hall–Kier alpha value is -2.47. The number of nitrogens with two attached hydrogens (primary N) is 2. The Kier molecular flexibility index (Phi) is 10.2. The third-order valence-electron chi connectivity index (χ3n) is 10.5. The molecule has 2 amide bonds. The number of carbonyl (C=O) groups is 2. The summed E-state index contributed by atoms with van der Waals surface area (Å²) < 4.78 is 30.2. The first kappa shape index (κ1) is 31.9. The number of benzene rings is 1. The number of amides is 2. The molecule has 9 nitrogen and oxygen atoms in total. The molecular weight excluding hydrogens is 552 g/mol. The zero-order valence-electron chi connectivity index (χ0n) is 25.6. The van der Waals surface area contributed by atoms with Gasteiger partial charge in [-0.3, -0.25) is 14.6 Å². The molecule has 0 aromatic heterocycles. The summed E-state index contributed by atoms with van der Waals surface area (Å²) >= 11 is 0. The van der Waals surface area contributed by atoms with Crippen LogP contribution in [0.25, 0.3) is 0 Å². The molecule has 0 radical (unpaired) electrons. The van der Waals surface area contributed by atoms with Crippen LogP contribution in [0.4, 0.5) is 8.78 Å². The average Bonchev–Trinajstić information content (AvgIpc) is 3.32. The highest BCUT2D eigenvalue weighted by molar-refractivity contribution is 5.94. The Labute approximate surface area is 254 Å². The van der Waals surface area contributed by atoms with Crippen molar-refractivity contribution < 1.29 is 18.4 Å². The molecule has 0 saturated carbocycles. The molecular formula is C32H49F2N7O2. The van der Waals surface area contributed by atoms with E-state index < -0.39 is 36.2 Å². The van der Waals surface area contributed by atoms with Gasteiger partial charge in [0.05, 0.1) is 18.1 Å². The van der Waals surface area contributed by atoms with E-state index in [4.69, 9.17) is 11.5 Å². The van der Waals surface area contributed by atoms with Gasteiger partial charge in [-0.15, -0.1) is 0 Å². The topological polar surface area (TPSA) is 129 Å². The van der Waals surface area contributed by atoms with Crippen LogP contribution in [0.15, 0.2) is 23.2 Å². The standard InChI is InChI=1S/C32H49F2N7O2/c1-3-32(2)10-6-21(33)18-38-26(17-32)28(29(35)36)30(42)39-27-19-37-11-7-24(27)23-5-4-20(16-25(23)34)31(43)41-15-14-40-12-8-22(41)9-13-40/h4-5,16,18,21-22,24,26-29,37H,3,6-15,17,19,35-36H2,1-2H3,(H,39,42). The average molecular weight is 602 g/mol. The van der Waals surface area contributed by atoms with Crippen molar-refractivity contribution >= 4 is 18.0 Å². The third kappa shape index (κ3) is 7.27. The second-order valence-corrected chi connectivity index (χ2v) is 13.4. The van der Waals surface area contributed by atoms with Crippen LogP contribution < -0.4 is 22.1 Å². The number of piperidine rings is 2. The summed E-state index contributed by atoms with van der Waals surface area (Å²) in [4.78, 5) is 36.0. The van der Waals surface area contributed by atoms with Crippen molar-refractivity contribution in [1.29, 1.82) is 0 Å². The number of halogens is 2. The van der Waals surface area contributed by atoms with Crippen LogP contribution in [0.3, 0.4) is 0 Å². The first-order valence-electron chi connectivity index (χ1n) is 16.1. The van der Waals surface area contributed by atoms with Crippen molar-refractivity contribution in [3.8, 4) is 0 Å². The van der Waals surface area contributed by atoms with Crippen molar-refractivity contribution in [2.24, 2.45) is 27.8 Å². The van der Waals surface area contributed by atoms with E-state index in [0.29, 0.717) is 56.4 Å². The van der Waals surface area contributed by atoms with E-state index >= 15 is 4.39 Å². The molecule has 4 fully saturated rings. The maximum Gasteiger partial charge on any atom is 0.254 e. The van der Waals surface area contributed by atoms with Gasteiger partial charge in [0, 0.05) is 62.5 Å². The summed E-state index contributed by atoms with van der Waals surface area (Å²) in [6, 6.07) is 4.00. The fourth-order valence-electron chi connectivity index (χ4n) is 7.51. The van der Waals surface area contributed by atoms with Gasteiger partial charge in [-0.25, -0.2) is 8.78 Å². The second-order valence-electron chi connectivity index (χ2n) is 13.4. The number of nitrogens with zero attached hydrogens (tertiary/aromatic N) is 3. The summed E-state index contributed by atoms with van der Waals surface area (Å²) in [5.41, 5.74) is 13.0. The molecule has 6 N–H and O–H groups in total. The van der Waals surface area contributed by atoms with E-state index in [9.17, 15) is 14.0 Å². The van der Waals surface area contributed by atoms with Gasteiger partial charge in [0.25, 0.3) is 5.91 Å². The molecule has 5 heterocycles. The fraction of sp³-hybridized carbons (Fsp3) is 0.719. The quantitative estimate of drug-likeness (QED) is 0.356.